The van der Waals surface area contributed by atoms with E-state index in [9.17, 15) is 5.11 Å². The predicted octanol–water partition coefficient (Wildman–Crippen LogP) is 2.91. The highest BCUT2D eigenvalue weighted by Gasteiger charge is 2.13. The Balaban J connectivity index is 1.96. The molecule has 0 bridgehead atoms. The number of rotatable bonds is 3. The summed E-state index contributed by atoms with van der Waals surface area (Å²) in [4.78, 5) is 8.32. The first-order valence-electron chi connectivity index (χ1n) is 6.25. The Labute approximate surface area is 111 Å². The van der Waals surface area contributed by atoms with Crippen LogP contribution in [0.1, 0.15) is 17.4 Å². The fraction of sp³-hybridized carbons (Fsp3) is 0.125. The molecule has 1 unspecified atom stereocenters. The highest BCUT2D eigenvalue weighted by atomic mass is 16.3. The molecule has 0 saturated carbocycles. The fourth-order valence-corrected chi connectivity index (χ4v) is 2.25. The molecule has 3 heteroatoms. The van der Waals surface area contributed by atoms with Crippen molar-refractivity contribution in [2.75, 3.05) is 0 Å². The zero-order valence-electron chi connectivity index (χ0n) is 10.4. The molecule has 3 nitrogen and oxygen atoms in total. The van der Waals surface area contributed by atoms with Gasteiger partial charge in [0, 0.05) is 30.4 Å². The Morgan fingerprint density at radius 1 is 0.947 bits per heavy atom. The van der Waals surface area contributed by atoms with Crippen LogP contribution in [0.3, 0.4) is 0 Å². The van der Waals surface area contributed by atoms with Gasteiger partial charge in [0.25, 0.3) is 0 Å². The van der Waals surface area contributed by atoms with E-state index in [2.05, 4.69) is 9.97 Å². The van der Waals surface area contributed by atoms with Gasteiger partial charge < -0.3 is 5.11 Å². The Morgan fingerprint density at radius 2 is 1.74 bits per heavy atom. The number of hydrogen-bond acceptors (Lipinski definition) is 3. The minimum absolute atomic E-state index is 0.545. The summed E-state index contributed by atoms with van der Waals surface area (Å²) in [6, 6.07) is 13.8. The third-order valence-electron chi connectivity index (χ3n) is 3.20. The van der Waals surface area contributed by atoms with Gasteiger partial charge in [0.05, 0.1) is 5.69 Å². The molecule has 94 valence electrons. The van der Waals surface area contributed by atoms with E-state index >= 15 is 0 Å². The number of aliphatic hydroxyl groups is 1. The van der Waals surface area contributed by atoms with Gasteiger partial charge in [-0.1, -0.05) is 24.3 Å². The molecule has 0 aliphatic heterocycles. The third kappa shape index (κ3) is 2.46. The summed E-state index contributed by atoms with van der Waals surface area (Å²) in [5, 5.41) is 12.5. The molecule has 3 rings (SSSR count). The van der Waals surface area contributed by atoms with Gasteiger partial charge in [-0.25, -0.2) is 0 Å². The van der Waals surface area contributed by atoms with Crippen LogP contribution in [0.25, 0.3) is 10.8 Å². The lowest BCUT2D eigenvalue weighted by molar-refractivity contribution is 0.175. The summed E-state index contributed by atoms with van der Waals surface area (Å²) in [7, 11) is 0. The molecule has 0 aliphatic rings. The van der Waals surface area contributed by atoms with E-state index in [1.165, 1.54) is 0 Å². The van der Waals surface area contributed by atoms with E-state index in [0.717, 1.165) is 22.0 Å². The molecule has 1 N–H and O–H groups in total. The first-order chi connectivity index (χ1) is 9.34. The topological polar surface area (TPSA) is 46.0 Å². The molecular weight excluding hydrogens is 236 g/mol. The summed E-state index contributed by atoms with van der Waals surface area (Å²) in [6.07, 6.45) is 5.15. The minimum Gasteiger partial charge on any atom is -0.386 e. The summed E-state index contributed by atoms with van der Waals surface area (Å²) in [5.74, 6) is 0. The van der Waals surface area contributed by atoms with Crippen LogP contribution in [0, 0.1) is 0 Å². The summed E-state index contributed by atoms with van der Waals surface area (Å²) in [5.41, 5.74) is 1.78. The lowest BCUT2D eigenvalue weighted by atomic mass is 10.0. The van der Waals surface area contributed by atoms with Crippen molar-refractivity contribution in [2.45, 2.75) is 12.5 Å². The molecule has 0 saturated heterocycles. The Kier molecular flexibility index (Phi) is 3.21. The highest BCUT2D eigenvalue weighted by Crippen LogP contribution is 2.24. The average molecular weight is 250 g/mol. The van der Waals surface area contributed by atoms with Crippen LogP contribution in [0.2, 0.25) is 0 Å². The molecular formula is C16H14N2O. The number of nitrogens with zero attached hydrogens (tertiary/aromatic N) is 2. The maximum Gasteiger partial charge on any atom is 0.101 e. The predicted molar refractivity (Wildman–Crippen MR) is 74.6 cm³/mol. The zero-order valence-corrected chi connectivity index (χ0v) is 10.4. The van der Waals surface area contributed by atoms with Crippen molar-refractivity contribution in [3.63, 3.8) is 0 Å². The molecule has 2 aromatic heterocycles. The van der Waals surface area contributed by atoms with Crippen LogP contribution >= 0.6 is 0 Å². The quantitative estimate of drug-likeness (QED) is 0.777. The number of pyridine rings is 2. The first-order valence-corrected chi connectivity index (χ1v) is 6.25. The number of fused-ring (bicyclic) bond motifs is 1. The Morgan fingerprint density at radius 3 is 2.58 bits per heavy atom. The van der Waals surface area contributed by atoms with Gasteiger partial charge in [-0.3, -0.25) is 9.97 Å². The molecule has 0 amide bonds. The molecule has 0 fully saturated rings. The summed E-state index contributed by atoms with van der Waals surface area (Å²) >= 11 is 0. The first kappa shape index (κ1) is 11.8. The molecule has 1 aromatic carbocycles. The van der Waals surface area contributed by atoms with Crippen LogP contribution < -0.4 is 0 Å². The normalized spacial score (nSPS) is 12.5. The monoisotopic (exact) mass is 250 g/mol. The van der Waals surface area contributed by atoms with E-state index < -0.39 is 6.10 Å². The smallest absolute Gasteiger partial charge is 0.101 e. The van der Waals surface area contributed by atoms with Crippen molar-refractivity contribution >= 4 is 10.8 Å². The van der Waals surface area contributed by atoms with Gasteiger partial charge in [0.15, 0.2) is 0 Å². The van der Waals surface area contributed by atoms with Crippen LogP contribution in [0.15, 0.2) is 61.1 Å². The van der Waals surface area contributed by atoms with Crippen molar-refractivity contribution in [3.05, 3.63) is 72.3 Å². The van der Waals surface area contributed by atoms with Gasteiger partial charge in [-0.05, 0) is 29.1 Å². The van der Waals surface area contributed by atoms with Crippen molar-refractivity contribution in [2.24, 2.45) is 0 Å². The molecule has 1 atom stereocenters. The standard InChI is InChI=1S/C16H14N2O/c19-15(11-12-5-8-17-9-6-12)16-14-4-2-1-3-13(14)7-10-18-16/h1-10,15,19H,11H2. The molecule has 0 aliphatic carbocycles. The second-order valence-electron chi connectivity index (χ2n) is 4.49. The van der Waals surface area contributed by atoms with E-state index in [4.69, 9.17) is 0 Å². The van der Waals surface area contributed by atoms with Crippen LogP contribution in [-0.4, -0.2) is 15.1 Å². The lowest BCUT2D eigenvalue weighted by Gasteiger charge is -2.12. The molecule has 2 heterocycles. The van der Waals surface area contributed by atoms with Crippen molar-refractivity contribution in [3.8, 4) is 0 Å². The Hall–Kier alpha value is -2.26. The number of aliphatic hydroxyl groups excluding tert-OH is 1. The largest absolute Gasteiger partial charge is 0.386 e. The maximum atomic E-state index is 10.4. The van der Waals surface area contributed by atoms with Gasteiger partial charge in [0.2, 0.25) is 0 Å². The molecule has 19 heavy (non-hydrogen) atoms. The van der Waals surface area contributed by atoms with Gasteiger partial charge in [-0.2, -0.15) is 0 Å². The Bertz CT molecular complexity index is 677. The number of hydrogen-bond donors (Lipinski definition) is 1. The SMILES string of the molecule is OC(Cc1ccncc1)c1nccc2ccccc12. The van der Waals surface area contributed by atoms with E-state index in [1.807, 2.05) is 42.5 Å². The van der Waals surface area contributed by atoms with Crippen molar-refractivity contribution < 1.29 is 5.11 Å². The fourth-order valence-electron chi connectivity index (χ4n) is 2.25. The van der Waals surface area contributed by atoms with Crippen LogP contribution in [-0.2, 0) is 6.42 Å². The van der Waals surface area contributed by atoms with Crippen LogP contribution in [0.5, 0.6) is 0 Å². The second-order valence-corrected chi connectivity index (χ2v) is 4.49. The highest BCUT2D eigenvalue weighted by molar-refractivity contribution is 5.84. The van der Waals surface area contributed by atoms with Gasteiger partial charge in [-0.15, -0.1) is 0 Å². The van der Waals surface area contributed by atoms with Crippen molar-refractivity contribution in [1.82, 2.24) is 9.97 Å². The second kappa shape index (κ2) is 5.16. The van der Waals surface area contributed by atoms with E-state index in [0.29, 0.717) is 6.42 Å². The van der Waals surface area contributed by atoms with Gasteiger partial charge in [0.1, 0.15) is 6.10 Å². The molecule has 3 aromatic rings. The summed E-state index contributed by atoms with van der Waals surface area (Å²) < 4.78 is 0. The minimum atomic E-state index is -0.603. The zero-order chi connectivity index (χ0) is 13.1. The average Bonchev–Trinajstić information content (AvgIpc) is 2.47. The lowest BCUT2D eigenvalue weighted by Crippen LogP contribution is -2.05. The van der Waals surface area contributed by atoms with Gasteiger partial charge >= 0.3 is 0 Å². The number of aromatic nitrogens is 2. The third-order valence-corrected chi connectivity index (χ3v) is 3.20. The summed E-state index contributed by atoms with van der Waals surface area (Å²) in [6.45, 7) is 0. The number of benzene rings is 1. The van der Waals surface area contributed by atoms with E-state index in [1.54, 1.807) is 18.6 Å². The maximum absolute atomic E-state index is 10.4. The van der Waals surface area contributed by atoms with Crippen molar-refractivity contribution in [1.29, 1.82) is 0 Å². The van der Waals surface area contributed by atoms with Crippen LogP contribution in [0.4, 0.5) is 0 Å². The molecule has 0 radical (unpaired) electrons. The molecule has 0 spiro atoms. The van der Waals surface area contributed by atoms with E-state index in [-0.39, 0.29) is 0 Å².